The molecule has 0 aliphatic carbocycles. The fourth-order valence-electron chi connectivity index (χ4n) is 2.36. The Balaban J connectivity index is 2.32. The molecule has 0 saturated heterocycles. The molecule has 1 aromatic heterocycles. The van der Waals surface area contributed by atoms with Crippen LogP contribution in [0.3, 0.4) is 0 Å². The van der Waals surface area contributed by atoms with Gasteiger partial charge in [0.25, 0.3) is 5.56 Å². The van der Waals surface area contributed by atoms with Crippen LogP contribution in [-0.2, 0) is 6.42 Å². The van der Waals surface area contributed by atoms with Crippen LogP contribution in [-0.4, -0.2) is 26.2 Å². The van der Waals surface area contributed by atoms with Crippen LogP contribution < -0.4 is 5.56 Å². The number of benzene rings is 1. The van der Waals surface area contributed by atoms with Gasteiger partial charge in [0.2, 0.25) is 5.88 Å². The Bertz CT molecular complexity index is 772. The van der Waals surface area contributed by atoms with Crippen molar-refractivity contribution in [3.05, 3.63) is 51.8 Å². The molecular weight excluding hydrogens is 324 g/mol. The Labute approximate surface area is 145 Å². The molecule has 0 aliphatic rings. The third kappa shape index (κ3) is 3.87. The van der Waals surface area contributed by atoms with E-state index in [4.69, 9.17) is 0 Å². The van der Waals surface area contributed by atoms with E-state index in [1.165, 1.54) is 11.8 Å². The quantitative estimate of drug-likeness (QED) is 0.472. The highest BCUT2D eigenvalue weighted by Crippen LogP contribution is 2.24. The molecule has 6 heteroatoms. The lowest BCUT2D eigenvalue weighted by molar-refractivity contribution is 0.102. The lowest BCUT2D eigenvalue weighted by atomic mass is 10.2. The van der Waals surface area contributed by atoms with Crippen molar-refractivity contribution in [1.82, 2.24) is 9.55 Å². The Morgan fingerprint density at radius 1 is 1.29 bits per heavy atom. The first kappa shape index (κ1) is 18.3. The van der Waals surface area contributed by atoms with Crippen molar-refractivity contribution in [3.8, 4) is 5.88 Å². The molecule has 1 aromatic carbocycles. The van der Waals surface area contributed by atoms with E-state index in [-0.39, 0.29) is 29.0 Å². The zero-order chi connectivity index (χ0) is 17.7. The van der Waals surface area contributed by atoms with Gasteiger partial charge in [0.15, 0.2) is 10.9 Å². The maximum absolute atomic E-state index is 12.6. The SMILES string of the molecule is CCc1c(O)nc(SCC(=O)c2ccccc2)n([C@H](C)CC)c1=O. The molecule has 1 heterocycles. The summed E-state index contributed by atoms with van der Waals surface area (Å²) in [4.78, 5) is 29.1. The number of aromatic hydroxyl groups is 1. The van der Waals surface area contributed by atoms with E-state index in [9.17, 15) is 14.7 Å². The van der Waals surface area contributed by atoms with Gasteiger partial charge in [0.1, 0.15) is 0 Å². The van der Waals surface area contributed by atoms with Crippen LogP contribution in [0.15, 0.2) is 40.3 Å². The van der Waals surface area contributed by atoms with Gasteiger partial charge in [0.05, 0.1) is 11.3 Å². The minimum Gasteiger partial charge on any atom is -0.493 e. The molecule has 2 rings (SSSR count). The summed E-state index contributed by atoms with van der Waals surface area (Å²) in [6.07, 6.45) is 1.18. The summed E-state index contributed by atoms with van der Waals surface area (Å²) in [7, 11) is 0. The summed E-state index contributed by atoms with van der Waals surface area (Å²) in [6, 6.07) is 8.95. The van der Waals surface area contributed by atoms with E-state index in [0.717, 1.165) is 6.42 Å². The molecule has 0 radical (unpaired) electrons. The van der Waals surface area contributed by atoms with E-state index in [2.05, 4.69) is 4.98 Å². The summed E-state index contributed by atoms with van der Waals surface area (Å²) in [5.41, 5.74) is 0.708. The van der Waals surface area contributed by atoms with Crippen molar-refractivity contribution in [2.24, 2.45) is 0 Å². The Hall–Kier alpha value is -2.08. The van der Waals surface area contributed by atoms with Crippen molar-refractivity contribution in [1.29, 1.82) is 0 Å². The number of hydrogen-bond donors (Lipinski definition) is 1. The molecule has 2 aromatic rings. The average Bonchev–Trinajstić information content (AvgIpc) is 2.60. The fourth-order valence-corrected chi connectivity index (χ4v) is 3.34. The monoisotopic (exact) mass is 346 g/mol. The summed E-state index contributed by atoms with van der Waals surface area (Å²) in [6.45, 7) is 5.73. The smallest absolute Gasteiger partial charge is 0.261 e. The summed E-state index contributed by atoms with van der Waals surface area (Å²) in [5, 5.41) is 10.4. The van der Waals surface area contributed by atoms with Gasteiger partial charge in [-0.05, 0) is 19.8 Å². The van der Waals surface area contributed by atoms with Crippen LogP contribution in [0.25, 0.3) is 0 Å². The first-order valence-electron chi connectivity index (χ1n) is 8.04. The second-order valence-electron chi connectivity index (χ2n) is 5.56. The number of nitrogens with zero attached hydrogens (tertiary/aromatic N) is 2. The number of hydrogen-bond acceptors (Lipinski definition) is 5. The number of rotatable bonds is 7. The van der Waals surface area contributed by atoms with Crippen molar-refractivity contribution < 1.29 is 9.90 Å². The first-order chi connectivity index (χ1) is 11.5. The maximum Gasteiger partial charge on any atom is 0.261 e. The highest BCUT2D eigenvalue weighted by atomic mass is 32.2. The van der Waals surface area contributed by atoms with Gasteiger partial charge in [-0.15, -0.1) is 0 Å². The van der Waals surface area contributed by atoms with Crippen LogP contribution in [0.1, 0.15) is 49.2 Å². The summed E-state index contributed by atoms with van der Waals surface area (Å²) in [5.74, 6) is -0.112. The molecule has 0 bridgehead atoms. The van der Waals surface area contributed by atoms with E-state index in [1.54, 1.807) is 16.7 Å². The van der Waals surface area contributed by atoms with E-state index in [1.807, 2.05) is 39.0 Å². The Morgan fingerprint density at radius 2 is 1.96 bits per heavy atom. The largest absolute Gasteiger partial charge is 0.493 e. The Morgan fingerprint density at radius 3 is 2.54 bits per heavy atom. The summed E-state index contributed by atoms with van der Waals surface area (Å²) < 4.78 is 1.58. The molecule has 0 unspecified atom stereocenters. The molecule has 0 spiro atoms. The zero-order valence-electron chi connectivity index (χ0n) is 14.2. The fraction of sp³-hybridized carbons (Fsp3) is 0.389. The van der Waals surface area contributed by atoms with Gasteiger partial charge >= 0.3 is 0 Å². The second-order valence-corrected chi connectivity index (χ2v) is 6.50. The topological polar surface area (TPSA) is 72.2 Å². The van der Waals surface area contributed by atoms with Gasteiger partial charge in [-0.25, -0.2) is 0 Å². The normalized spacial score (nSPS) is 12.1. The molecule has 0 aliphatic heterocycles. The number of aromatic nitrogens is 2. The lowest BCUT2D eigenvalue weighted by Crippen LogP contribution is -2.29. The van der Waals surface area contributed by atoms with Gasteiger partial charge < -0.3 is 5.11 Å². The number of Topliss-reactive ketones (excluding diaryl/α,β-unsaturated/α-hetero) is 1. The summed E-state index contributed by atoms with van der Waals surface area (Å²) >= 11 is 1.18. The molecule has 128 valence electrons. The third-order valence-corrected chi connectivity index (χ3v) is 4.92. The van der Waals surface area contributed by atoms with E-state index in [0.29, 0.717) is 22.7 Å². The van der Waals surface area contributed by atoms with Crippen LogP contribution in [0, 0.1) is 0 Å². The van der Waals surface area contributed by atoms with Gasteiger partial charge in [0, 0.05) is 11.6 Å². The first-order valence-corrected chi connectivity index (χ1v) is 9.03. The minimum atomic E-state index is -0.239. The molecule has 24 heavy (non-hydrogen) atoms. The molecular formula is C18H22N2O3S. The van der Waals surface area contributed by atoms with Crippen molar-refractivity contribution in [3.63, 3.8) is 0 Å². The average molecular weight is 346 g/mol. The molecule has 0 amide bonds. The predicted molar refractivity (Wildman–Crippen MR) is 96.0 cm³/mol. The van der Waals surface area contributed by atoms with Crippen LogP contribution in [0.5, 0.6) is 5.88 Å². The number of carbonyl (C=O) groups is 1. The lowest BCUT2D eigenvalue weighted by Gasteiger charge is -2.18. The second kappa shape index (κ2) is 8.15. The highest BCUT2D eigenvalue weighted by Gasteiger charge is 2.19. The number of ketones is 1. The van der Waals surface area contributed by atoms with E-state index < -0.39 is 0 Å². The molecule has 5 nitrogen and oxygen atoms in total. The number of carbonyl (C=O) groups excluding carboxylic acids is 1. The van der Waals surface area contributed by atoms with Crippen LogP contribution in [0.4, 0.5) is 0 Å². The van der Waals surface area contributed by atoms with Crippen LogP contribution in [0.2, 0.25) is 0 Å². The van der Waals surface area contributed by atoms with Crippen molar-refractivity contribution in [2.45, 2.75) is 44.8 Å². The maximum atomic E-state index is 12.6. The zero-order valence-corrected chi connectivity index (χ0v) is 15.0. The van der Waals surface area contributed by atoms with Gasteiger partial charge in [-0.2, -0.15) is 4.98 Å². The van der Waals surface area contributed by atoms with Gasteiger partial charge in [-0.3, -0.25) is 14.2 Å². The molecule has 0 saturated carbocycles. The predicted octanol–water partition coefficient (Wildman–Crippen LogP) is 3.46. The highest BCUT2D eigenvalue weighted by molar-refractivity contribution is 7.99. The van der Waals surface area contributed by atoms with Crippen molar-refractivity contribution in [2.75, 3.05) is 5.75 Å². The minimum absolute atomic E-state index is 0.0374. The van der Waals surface area contributed by atoms with E-state index >= 15 is 0 Å². The van der Waals surface area contributed by atoms with Crippen LogP contribution >= 0.6 is 11.8 Å². The molecule has 1 N–H and O–H groups in total. The standard InChI is InChI=1S/C18H22N2O3S/c1-4-12(3)20-17(23)14(5-2)16(22)19-18(20)24-11-15(21)13-9-7-6-8-10-13/h6-10,12,22H,4-5,11H2,1-3H3/t12-/m1/s1. The van der Waals surface area contributed by atoms with Crippen molar-refractivity contribution >= 4 is 17.5 Å². The molecule has 1 atom stereocenters. The molecule has 0 fully saturated rings. The number of thioether (sulfide) groups is 1. The third-order valence-electron chi connectivity index (χ3n) is 3.97. The Kier molecular flexibility index (Phi) is 6.20. The van der Waals surface area contributed by atoms with Gasteiger partial charge in [-0.1, -0.05) is 55.9 Å².